The van der Waals surface area contributed by atoms with Crippen molar-refractivity contribution in [1.82, 2.24) is 4.57 Å². The van der Waals surface area contributed by atoms with E-state index in [4.69, 9.17) is 0 Å². The van der Waals surface area contributed by atoms with E-state index in [1.807, 2.05) is 0 Å². The van der Waals surface area contributed by atoms with Crippen LogP contribution in [-0.2, 0) is 0 Å². The smallest absolute Gasteiger partial charge is 0.0541 e. The number of para-hydroxylation sites is 5. The third-order valence-electron chi connectivity index (χ3n) is 10.8. The van der Waals surface area contributed by atoms with Gasteiger partial charge in [0, 0.05) is 50.6 Å². The minimum atomic E-state index is 1.12. The van der Waals surface area contributed by atoms with Gasteiger partial charge >= 0.3 is 0 Å². The van der Waals surface area contributed by atoms with Crippen molar-refractivity contribution in [3.8, 4) is 27.9 Å². The zero-order valence-corrected chi connectivity index (χ0v) is 31.4. The topological polar surface area (TPSA) is 11.4 Å². The first-order valence-corrected chi connectivity index (χ1v) is 19.4. The van der Waals surface area contributed by atoms with E-state index in [1.165, 1.54) is 44.1 Å². The molecule has 57 heavy (non-hydrogen) atoms. The first-order valence-electron chi connectivity index (χ1n) is 19.4. The molecular formula is C54H39N3. The third-order valence-corrected chi connectivity index (χ3v) is 10.8. The van der Waals surface area contributed by atoms with Crippen LogP contribution in [0.3, 0.4) is 0 Å². The first-order chi connectivity index (χ1) is 28.3. The fourth-order valence-corrected chi connectivity index (χ4v) is 8.04. The number of aromatic nitrogens is 1. The second-order valence-corrected chi connectivity index (χ2v) is 14.2. The molecule has 0 bridgehead atoms. The number of anilines is 6. The van der Waals surface area contributed by atoms with Gasteiger partial charge in [-0.2, -0.15) is 0 Å². The summed E-state index contributed by atoms with van der Waals surface area (Å²) < 4.78 is 2.39. The summed E-state index contributed by atoms with van der Waals surface area (Å²) in [7, 11) is 0. The Kier molecular flexibility index (Phi) is 8.86. The van der Waals surface area contributed by atoms with Crippen molar-refractivity contribution in [3.63, 3.8) is 0 Å². The summed E-state index contributed by atoms with van der Waals surface area (Å²) in [6, 6.07) is 84.5. The summed E-state index contributed by atoms with van der Waals surface area (Å²) in [4.78, 5) is 4.59. The molecule has 3 nitrogen and oxygen atoms in total. The van der Waals surface area contributed by atoms with Gasteiger partial charge in [-0.25, -0.2) is 0 Å². The highest BCUT2D eigenvalue weighted by Crippen LogP contribution is 2.39. The van der Waals surface area contributed by atoms with Gasteiger partial charge < -0.3 is 14.4 Å². The van der Waals surface area contributed by atoms with E-state index < -0.39 is 0 Å². The quantitative estimate of drug-likeness (QED) is 0.147. The van der Waals surface area contributed by atoms with Gasteiger partial charge in [0.05, 0.1) is 11.0 Å². The standard InChI is InChI=1S/C54H39N3/c1-5-15-44(16-6-1)55(45-17-7-2-8-18-45)48-32-25-40(26-33-48)41-27-36-50(37-28-41)57-53-24-14-13-23-51(53)52-39-43(31-38-54(52)57)42-29-34-49(35-30-42)56(46-19-9-3-10-20-46)47-21-11-4-12-22-47/h1-39H. The van der Waals surface area contributed by atoms with Crippen molar-refractivity contribution in [2.24, 2.45) is 0 Å². The second-order valence-electron chi connectivity index (χ2n) is 14.2. The maximum atomic E-state index is 2.39. The molecule has 0 saturated carbocycles. The van der Waals surface area contributed by atoms with Crippen molar-refractivity contribution in [2.45, 2.75) is 0 Å². The van der Waals surface area contributed by atoms with Gasteiger partial charge in [0.2, 0.25) is 0 Å². The number of hydrogen-bond donors (Lipinski definition) is 0. The Morgan fingerprint density at radius 2 is 0.579 bits per heavy atom. The molecule has 0 aliphatic rings. The van der Waals surface area contributed by atoms with Gasteiger partial charge in [-0.1, -0.05) is 133 Å². The highest BCUT2D eigenvalue weighted by Gasteiger charge is 2.16. The Morgan fingerprint density at radius 3 is 1.04 bits per heavy atom. The molecular weight excluding hydrogens is 691 g/mol. The van der Waals surface area contributed by atoms with E-state index in [0.717, 1.165) is 39.8 Å². The molecule has 10 rings (SSSR count). The van der Waals surface area contributed by atoms with E-state index in [1.54, 1.807) is 0 Å². The van der Waals surface area contributed by atoms with Crippen LogP contribution in [0.15, 0.2) is 237 Å². The molecule has 0 unspecified atom stereocenters. The summed E-state index contributed by atoms with van der Waals surface area (Å²) in [5.74, 6) is 0. The largest absolute Gasteiger partial charge is 0.311 e. The van der Waals surface area contributed by atoms with Crippen LogP contribution < -0.4 is 9.80 Å². The number of fused-ring (bicyclic) bond motifs is 3. The molecule has 1 heterocycles. The lowest BCUT2D eigenvalue weighted by atomic mass is 10.0. The first kappa shape index (κ1) is 33.9. The average molecular weight is 730 g/mol. The number of nitrogens with zero attached hydrogens (tertiary/aromatic N) is 3. The number of benzene rings is 9. The molecule has 0 saturated heterocycles. The molecule has 10 aromatic rings. The van der Waals surface area contributed by atoms with Gasteiger partial charge in [0.15, 0.2) is 0 Å². The van der Waals surface area contributed by atoms with Crippen LogP contribution in [0.4, 0.5) is 34.1 Å². The number of rotatable bonds is 9. The molecule has 270 valence electrons. The van der Waals surface area contributed by atoms with Gasteiger partial charge in [-0.3, -0.25) is 0 Å². The zero-order chi connectivity index (χ0) is 38.0. The Bertz CT molecular complexity index is 2820. The molecule has 0 aliphatic carbocycles. The molecule has 1 aromatic heterocycles. The van der Waals surface area contributed by atoms with Crippen LogP contribution in [0.2, 0.25) is 0 Å². The lowest BCUT2D eigenvalue weighted by Crippen LogP contribution is -2.09. The van der Waals surface area contributed by atoms with Gasteiger partial charge in [0.25, 0.3) is 0 Å². The minimum Gasteiger partial charge on any atom is -0.311 e. The van der Waals surface area contributed by atoms with E-state index >= 15 is 0 Å². The van der Waals surface area contributed by atoms with E-state index in [2.05, 4.69) is 251 Å². The van der Waals surface area contributed by atoms with Crippen LogP contribution in [0.5, 0.6) is 0 Å². The van der Waals surface area contributed by atoms with Crippen molar-refractivity contribution in [3.05, 3.63) is 237 Å². The van der Waals surface area contributed by atoms with Crippen molar-refractivity contribution in [2.75, 3.05) is 9.80 Å². The molecule has 0 atom stereocenters. The SMILES string of the molecule is c1ccc(N(c2ccccc2)c2ccc(-c3ccc(-n4c5ccccc5c5cc(-c6ccc(N(c7ccccc7)c7ccccc7)cc6)ccc54)cc3)cc2)cc1. The van der Waals surface area contributed by atoms with Crippen molar-refractivity contribution in [1.29, 1.82) is 0 Å². The fourth-order valence-electron chi connectivity index (χ4n) is 8.04. The summed E-state index contributed by atoms with van der Waals surface area (Å²) >= 11 is 0. The van der Waals surface area contributed by atoms with Crippen molar-refractivity contribution >= 4 is 55.9 Å². The second kappa shape index (κ2) is 14.9. The monoisotopic (exact) mass is 729 g/mol. The zero-order valence-electron chi connectivity index (χ0n) is 31.4. The van der Waals surface area contributed by atoms with Crippen LogP contribution in [0.25, 0.3) is 49.7 Å². The lowest BCUT2D eigenvalue weighted by molar-refractivity contribution is 1.18. The Morgan fingerprint density at radius 1 is 0.246 bits per heavy atom. The summed E-state index contributed by atoms with van der Waals surface area (Å²) in [5.41, 5.74) is 15.0. The fraction of sp³-hybridized carbons (Fsp3) is 0. The average Bonchev–Trinajstić information content (AvgIpc) is 3.62. The predicted octanol–water partition coefficient (Wildman–Crippen LogP) is 15.1. The highest BCUT2D eigenvalue weighted by molar-refractivity contribution is 6.10. The van der Waals surface area contributed by atoms with Crippen molar-refractivity contribution < 1.29 is 0 Å². The van der Waals surface area contributed by atoms with Crippen LogP contribution in [0, 0.1) is 0 Å². The van der Waals surface area contributed by atoms with E-state index in [-0.39, 0.29) is 0 Å². The summed E-state index contributed by atoms with van der Waals surface area (Å²) in [6.07, 6.45) is 0. The molecule has 0 aliphatic heterocycles. The van der Waals surface area contributed by atoms with E-state index in [0.29, 0.717) is 0 Å². The molecule has 0 fully saturated rings. The van der Waals surface area contributed by atoms with Gasteiger partial charge in [-0.15, -0.1) is 0 Å². The Hall–Kier alpha value is -7.62. The predicted molar refractivity (Wildman–Crippen MR) is 241 cm³/mol. The minimum absolute atomic E-state index is 1.12. The van der Waals surface area contributed by atoms with Crippen LogP contribution in [-0.4, -0.2) is 4.57 Å². The normalized spacial score (nSPS) is 11.2. The van der Waals surface area contributed by atoms with E-state index in [9.17, 15) is 0 Å². The third kappa shape index (κ3) is 6.52. The number of hydrogen-bond acceptors (Lipinski definition) is 2. The Labute approximate surface area is 333 Å². The molecule has 0 spiro atoms. The van der Waals surface area contributed by atoms with Gasteiger partial charge in [0.1, 0.15) is 0 Å². The van der Waals surface area contributed by atoms with Gasteiger partial charge in [-0.05, 0) is 125 Å². The lowest BCUT2D eigenvalue weighted by Gasteiger charge is -2.25. The molecule has 0 radical (unpaired) electrons. The molecule has 3 heteroatoms. The molecule has 9 aromatic carbocycles. The molecule has 0 N–H and O–H groups in total. The molecule has 0 amide bonds. The highest BCUT2D eigenvalue weighted by atomic mass is 15.1. The Balaban J connectivity index is 0.958. The summed E-state index contributed by atoms with van der Waals surface area (Å²) in [5, 5.41) is 2.48. The maximum Gasteiger partial charge on any atom is 0.0541 e. The summed E-state index contributed by atoms with van der Waals surface area (Å²) in [6.45, 7) is 0. The van der Waals surface area contributed by atoms with Crippen LogP contribution in [0.1, 0.15) is 0 Å². The maximum absolute atomic E-state index is 2.39. The van der Waals surface area contributed by atoms with Crippen LogP contribution >= 0.6 is 0 Å².